The van der Waals surface area contributed by atoms with Crippen molar-refractivity contribution < 1.29 is 0 Å². The quantitative estimate of drug-likeness (QED) is 0.528. The van der Waals surface area contributed by atoms with Crippen LogP contribution in [0.25, 0.3) is 0 Å². The Morgan fingerprint density at radius 1 is 1.16 bits per heavy atom. The number of rotatable bonds is 11. The van der Waals surface area contributed by atoms with E-state index in [9.17, 15) is 0 Å². The molecular formula is C18H37N. The minimum absolute atomic E-state index is 0.695. The Hall–Kier alpha value is -0.0400. The monoisotopic (exact) mass is 267 g/mol. The van der Waals surface area contributed by atoms with Gasteiger partial charge < -0.3 is 5.32 Å². The highest BCUT2D eigenvalue weighted by Gasteiger charge is 2.47. The van der Waals surface area contributed by atoms with Gasteiger partial charge in [0.15, 0.2) is 0 Å². The predicted octanol–water partition coefficient (Wildman–Crippen LogP) is 5.40. The maximum Gasteiger partial charge on any atom is 0.00387 e. The van der Waals surface area contributed by atoms with Crippen molar-refractivity contribution in [1.82, 2.24) is 5.32 Å². The first kappa shape index (κ1) is 17.0. The first-order valence-corrected chi connectivity index (χ1v) is 8.75. The van der Waals surface area contributed by atoms with E-state index in [1.54, 1.807) is 0 Å². The second-order valence-corrected chi connectivity index (χ2v) is 7.38. The van der Waals surface area contributed by atoms with Crippen molar-refractivity contribution in [3.63, 3.8) is 0 Å². The zero-order valence-corrected chi connectivity index (χ0v) is 14.1. The molecule has 0 aromatic heterocycles. The first-order valence-electron chi connectivity index (χ1n) is 8.75. The van der Waals surface area contributed by atoms with E-state index in [0.29, 0.717) is 11.5 Å². The minimum atomic E-state index is 0.695. The molecule has 1 rings (SSSR count). The molecule has 4 unspecified atom stereocenters. The van der Waals surface area contributed by atoms with Crippen molar-refractivity contribution in [2.45, 2.75) is 92.0 Å². The van der Waals surface area contributed by atoms with E-state index in [2.05, 4.69) is 39.9 Å². The fraction of sp³-hybridized carbons (Fsp3) is 1.00. The van der Waals surface area contributed by atoms with Gasteiger partial charge in [-0.2, -0.15) is 0 Å². The van der Waals surface area contributed by atoms with Crippen LogP contribution in [0, 0.1) is 17.3 Å². The Bertz CT molecular complexity index is 238. The van der Waals surface area contributed by atoms with Gasteiger partial charge in [-0.15, -0.1) is 0 Å². The fourth-order valence-electron chi connectivity index (χ4n) is 3.40. The Kier molecular flexibility index (Phi) is 7.42. The van der Waals surface area contributed by atoms with Gasteiger partial charge in [0.25, 0.3) is 0 Å². The van der Waals surface area contributed by atoms with Crippen molar-refractivity contribution in [3.8, 4) is 0 Å². The Morgan fingerprint density at radius 3 is 2.47 bits per heavy atom. The molecule has 1 N–H and O–H groups in total. The molecule has 1 aliphatic rings. The molecule has 1 heteroatoms. The number of hydrogen-bond donors (Lipinski definition) is 1. The molecule has 0 heterocycles. The number of nitrogens with one attached hydrogen (secondary N) is 1. The van der Waals surface area contributed by atoms with E-state index in [-0.39, 0.29) is 0 Å². The van der Waals surface area contributed by atoms with Gasteiger partial charge in [0.05, 0.1) is 0 Å². The molecular weight excluding hydrogens is 230 g/mol. The van der Waals surface area contributed by atoms with E-state index < -0.39 is 0 Å². The summed E-state index contributed by atoms with van der Waals surface area (Å²) < 4.78 is 0. The van der Waals surface area contributed by atoms with Crippen molar-refractivity contribution in [3.05, 3.63) is 0 Å². The zero-order chi connectivity index (χ0) is 14.3. The van der Waals surface area contributed by atoms with Gasteiger partial charge in [0.2, 0.25) is 0 Å². The number of hydrogen-bond acceptors (Lipinski definition) is 1. The smallest absolute Gasteiger partial charge is 0.00387 e. The summed E-state index contributed by atoms with van der Waals surface area (Å²) in [6.07, 6.45) is 11.1. The van der Waals surface area contributed by atoms with E-state index in [1.807, 2.05) is 0 Å². The molecule has 0 aromatic carbocycles. The van der Waals surface area contributed by atoms with Crippen LogP contribution >= 0.6 is 0 Å². The van der Waals surface area contributed by atoms with E-state index in [4.69, 9.17) is 0 Å². The molecule has 114 valence electrons. The lowest BCUT2D eigenvalue weighted by molar-refractivity contribution is 0.409. The second-order valence-electron chi connectivity index (χ2n) is 7.38. The molecule has 0 aliphatic heterocycles. The highest BCUT2D eigenvalue weighted by Crippen LogP contribution is 2.56. The molecule has 0 saturated heterocycles. The van der Waals surface area contributed by atoms with Gasteiger partial charge in [-0.05, 0) is 50.0 Å². The third-order valence-corrected chi connectivity index (χ3v) is 5.45. The third-order valence-electron chi connectivity index (χ3n) is 5.45. The van der Waals surface area contributed by atoms with Gasteiger partial charge in [0.1, 0.15) is 0 Å². The van der Waals surface area contributed by atoms with Crippen LogP contribution in [0.3, 0.4) is 0 Å². The molecule has 4 atom stereocenters. The van der Waals surface area contributed by atoms with E-state index >= 15 is 0 Å². The summed E-state index contributed by atoms with van der Waals surface area (Å²) in [4.78, 5) is 0. The largest absolute Gasteiger partial charge is 0.314 e. The van der Waals surface area contributed by atoms with E-state index in [1.165, 1.54) is 57.9 Å². The highest BCUT2D eigenvalue weighted by molar-refractivity contribution is 4.97. The lowest BCUT2D eigenvalue weighted by atomic mass is 9.98. The van der Waals surface area contributed by atoms with Crippen LogP contribution in [0.1, 0.15) is 86.0 Å². The van der Waals surface area contributed by atoms with Gasteiger partial charge in [-0.1, -0.05) is 59.8 Å². The molecule has 1 aliphatic carbocycles. The standard InChI is InChI=1S/C18H37N/c1-6-9-15(3)10-8-11-16(4)19-13-12-17-14-18(17,5)7-2/h15-17,19H,6-14H2,1-5H3. The van der Waals surface area contributed by atoms with Crippen molar-refractivity contribution in [2.24, 2.45) is 17.3 Å². The Morgan fingerprint density at radius 2 is 1.89 bits per heavy atom. The summed E-state index contributed by atoms with van der Waals surface area (Å²) in [5, 5.41) is 3.72. The molecule has 0 bridgehead atoms. The Balaban J connectivity index is 1.95. The van der Waals surface area contributed by atoms with Crippen LogP contribution in [-0.4, -0.2) is 12.6 Å². The molecule has 0 amide bonds. The zero-order valence-electron chi connectivity index (χ0n) is 14.1. The molecule has 0 aromatic rings. The van der Waals surface area contributed by atoms with Gasteiger partial charge in [0, 0.05) is 6.04 Å². The maximum absolute atomic E-state index is 3.72. The molecule has 1 fully saturated rings. The molecule has 0 spiro atoms. The SMILES string of the molecule is CCCC(C)CCCC(C)NCCC1CC1(C)CC. The van der Waals surface area contributed by atoms with Crippen molar-refractivity contribution >= 4 is 0 Å². The van der Waals surface area contributed by atoms with Crippen LogP contribution in [0.4, 0.5) is 0 Å². The summed E-state index contributed by atoms with van der Waals surface area (Å²) >= 11 is 0. The molecule has 1 nitrogen and oxygen atoms in total. The van der Waals surface area contributed by atoms with Gasteiger partial charge in [-0.3, -0.25) is 0 Å². The normalized spacial score (nSPS) is 29.2. The van der Waals surface area contributed by atoms with Crippen LogP contribution in [0.15, 0.2) is 0 Å². The lowest BCUT2D eigenvalue weighted by Crippen LogP contribution is -2.27. The van der Waals surface area contributed by atoms with Crippen molar-refractivity contribution in [1.29, 1.82) is 0 Å². The van der Waals surface area contributed by atoms with Crippen molar-refractivity contribution in [2.75, 3.05) is 6.54 Å². The summed E-state index contributed by atoms with van der Waals surface area (Å²) in [5.74, 6) is 1.93. The minimum Gasteiger partial charge on any atom is -0.314 e. The third kappa shape index (κ3) is 6.29. The van der Waals surface area contributed by atoms with Crippen LogP contribution < -0.4 is 5.32 Å². The Labute approximate surface area is 121 Å². The summed E-state index contributed by atoms with van der Waals surface area (Å²) in [7, 11) is 0. The highest BCUT2D eigenvalue weighted by atomic mass is 14.9. The molecule has 0 radical (unpaired) electrons. The second kappa shape index (κ2) is 8.29. The van der Waals surface area contributed by atoms with Crippen LogP contribution in [0.2, 0.25) is 0 Å². The average molecular weight is 268 g/mol. The van der Waals surface area contributed by atoms with E-state index in [0.717, 1.165) is 11.8 Å². The van der Waals surface area contributed by atoms with Gasteiger partial charge in [-0.25, -0.2) is 0 Å². The van der Waals surface area contributed by atoms with Gasteiger partial charge >= 0.3 is 0 Å². The summed E-state index contributed by atoms with van der Waals surface area (Å²) in [6, 6.07) is 0.709. The topological polar surface area (TPSA) is 12.0 Å². The maximum atomic E-state index is 3.72. The fourth-order valence-corrected chi connectivity index (χ4v) is 3.40. The van der Waals surface area contributed by atoms with Crippen LogP contribution in [0.5, 0.6) is 0 Å². The predicted molar refractivity (Wildman–Crippen MR) is 86.5 cm³/mol. The average Bonchev–Trinajstić information content (AvgIpc) is 3.01. The first-order chi connectivity index (χ1) is 9.01. The summed E-state index contributed by atoms with van der Waals surface area (Å²) in [5.41, 5.74) is 0.695. The lowest BCUT2D eigenvalue weighted by Gasteiger charge is -2.16. The molecule has 19 heavy (non-hydrogen) atoms. The summed E-state index contributed by atoms with van der Waals surface area (Å²) in [6.45, 7) is 13.1. The molecule has 1 saturated carbocycles. The van der Waals surface area contributed by atoms with Crippen LogP contribution in [-0.2, 0) is 0 Å².